The van der Waals surface area contributed by atoms with Crippen molar-refractivity contribution < 1.29 is 14.2 Å². The van der Waals surface area contributed by atoms with Crippen LogP contribution in [0.3, 0.4) is 0 Å². The van der Waals surface area contributed by atoms with Gasteiger partial charge in [0.15, 0.2) is 11.5 Å². The largest absolute Gasteiger partial charge is 0.493 e. The minimum atomic E-state index is 0.571. The molecule has 6 nitrogen and oxygen atoms in total. The SMILES string of the molecule is COc1cc(-c2ccc3ncnc(-c4ccc(OC)c(OC)c4)c3c2)ccn1. The minimum Gasteiger partial charge on any atom is -0.493 e. The molecular weight excluding hydrogens is 354 g/mol. The molecule has 6 heteroatoms. The second kappa shape index (κ2) is 7.52. The zero-order valence-electron chi connectivity index (χ0n) is 15.8. The molecule has 0 saturated carbocycles. The van der Waals surface area contributed by atoms with Gasteiger partial charge in [0.1, 0.15) is 6.33 Å². The quantitative estimate of drug-likeness (QED) is 0.517. The molecular formula is C22H19N3O3. The average molecular weight is 373 g/mol. The highest BCUT2D eigenvalue weighted by molar-refractivity contribution is 5.95. The maximum atomic E-state index is 5.44. The summed E-state index contributed by atoms with van der Waals surface area (Å²) in [5.41, 5.74) is 4.66. The number of pyridine rings is 1. The molecule has 4 aromatic rings. The van der Waals surface area contributed by atoms with Crippen molar-refractivity contribution in [1.82, 2.24) is 15.0 Å². The molecule has 2 aromatic heterocycles. The van der Waals surface area contributed by atoms with Gasteiger partial charge in [-0.05, 0) is 47.5 Å². The first-order valence-electron chi connectivity index (χ1n) is 8.71. The van der Waals surface area contributed by atoms with Crippen LogP contribution in [0, 0.1) is 0 Å². The summed E-state index contributed by atoms with van der Waals surface area (Å²) >= 11 is 0. The molecule has 0 unspecified atom stereocenters. The van der Waals surface area contributed by atoms with Crippen LogP contribution >= 0.6 is 0 Å². The van der Waals surface area contributed by atoms with Crippen LogP contribution in [0.25, 0.3) is 33.3 Å². The average Bonchev–Trinajstić information content (AvgIpc) is 2.77. The maximum absolute atomic E-state index is 5.44. The van der Waals surface area contributed by atoms with E-state index in [4.69, 9.17) is 14.2 Å². The number of fused-ring (bicyclic) bond motifs is 1. The van der Waals surface area contributed by atoms with Crippen molar-refractivity contribution in [2.75, 3.05) is 21.3 Å². The lowest BCUT2D eigenvalue weighted by Gasteiger charge is -2.11. The number of methoxy groups -OCH3 is 3. The van der Waals surface area contributed by atoms with E-state index < -0.39 is 0 Å². The summed E-state index contributed by atoms with van der Waals surface area (Å²) in [6.07, 6.45) is 3.30. The third-order valence-corrected chi connectivity index (χ3v) is 4.57. The molecule has 2 aromatic carbocycles. The van der Waals surface area contributed by atoms with Gasteiger partial charge < -0.3 is 14.2 Å². The Morgan fingerprint density at radius 2 is 1.43 bits per heavy atom. The molecule has 0 saturated heterocycles. The van der Waals surface area contributed by atoms with E-state index in [0.29, 0.717) is 17.4 Å². The number of hydrogen-bond donors (Lipinski definition) is 0. The number of hydrogen-bond acceptors (Lipinski definition) is 6. The molecule has 0 aliphatic rings. The van der Waals surface area contributed by atoms with E-state index in [9.17, 15) is 0 Å². The van der Waals surface area contributed by atoms with Crippen LogP contribution in [0.2, 0.25) is 0 Å². The minimum absolute atomic E-state index is 0.571. The maximum Gasteiger partial charge on any atom is 0.213 e. The third-order valence-electron chi connectivity index (χ3n) is 4.57. The highest BCUT2D eigenvalue weighted by atomic mass is 16.5. The molecule has 28 heavy (non-hydrogen) atoms. The Morgan fingerprint density at radius 3 is 2.21 bits per heavy atom. The number of aromatic nitrogens is 3. The van der Waals surface area contributed by atoms with Gasteiger partial charge in [0.05, 0.1) is 32.5 Å². The Morgan fingerprint density at radius 1 is 0.643 bits per heavy atom. The molecule has 0 aliphatic carbocycles. The topological polar surface area (TPSA) is 66.4 Å². The highest BCUT2D eigenvalue weighted by Crippen LogP contribution is 2.35. The van der Waals surface area contributed by atoms with Crippen molar-refractivity contribution >= 4 is 10.9 Å². The highest BCUT2D eigenvalue weighted by Gasteiger charge is 2.12. The molecule has 0 aliphatic heterocycles. The van der Waals surface area contributed by atoms with Gasteiger partial charge in [-0.2, -0.15) is 0 Å². The standard InChI is InChI=1S/C22H19N3O3/c1-26-19-7-5-16(11-20(19)27-2)22-17-10-14(4-6-18(17)24-13-25-22)15-8-9-23-21(12-15)28-3/h4-13H,1-3H3. The molecule has 4 rings (SSSR count). The molecule has 2 heterocycles. The first-order valence-corrected chi connectivity index (χ1v) is 8.71. The fourth-order valence-corrected chi connectivity index (χ4v) is 3.15. The van der Waals surface area contributed by atoms with Crippen molar-refractivity contribution in [1.29, 1.82) is 0 Å². The summed E-state index contributed by atoms with van der Waals surface area (Å²) in [6.45, 7) is 0. The Hall–Kier alpha value is -3.67. The first-order chi connectivity index (χ1) is 13.7. The molecule has 0 fully saturated rings. The molecule has 0 N–H and O–H groups in total. The molecule has 0 spiro atoms. The Balaban J connectivity index is 1.88. The summed E-state index contributed by atoms with van der Waals surface area (Å²) in [5.74, 6) is 1.90. The van der Waals surface area contributed by atoms with Gasteiger partial charge in [-0.1, -0.05) is 6.07 Å². The molecule has 0 radical (unpaired) electrons. The predicted molar refractivity (Wildman–Crippen MR) is 108 cm³/mol. The first kappa shape index (κ1) is 17.7. The van der Waals surface area contributed by atoms with Gasteiger partial charge in [0, 0.05) is 23.2 Å². The van der Waals surface area contributed by atoms with E-state index in [0.717, 1.165) is 33.3 Å². The number of nitrogens with zero attached hydrogens (tertiary/aromatic N) is 3. The van der Waals surface area contributed by atoms with E-state index in [1.54, 1.807) is 33.9 Å². The smallest absolute Gasteiger partial charge is 0.213 e. The second-order valence-electron chi connectivity index (χ2n) is 6.11. The summed E-state index contributed by atoms with van der Waals surface area (Å²) in [7, 11) is 4.84. The number of benzene rings is 2. The van der Waals surface area contributed by atoms with Crippen molar-refractivity contribution in [2.24, 2.45) is 0 Å². The van der Waals surface area contributed by atoms with E-state index in [2.05, 4.69) is 21.0 Å². The molecule has 0 amide bonds. The summed E-state index contributed by atoms with van der Waals surface area (Å²) in [4.78, 5) is 13.1. The van der Waals surface area contributed by atoms with Gasteiger partial charge in [-0.25, -0.2) is 15.0 Å². The molecule has 0 atom stereocenters. The molecule has 140 valence electrons. The number of rotatable bonds is 5. The summed E-state index contributed by atoms with van der Waals surface area (Å²) in [6, 6.07) is 15.7. The van der Waals surface area contributed by atoms with Crippen molar-refractivity contribution in [3.05, 3.63) is 61.1 Å². The van der Waals surface area contributed by atoms with E-state index in [-0.39, 0.29) is 0 Å². The van der Waals surface area contributed by atoms with Gasteiger partial charge in [0.25, 0.3) is 0 Å². The Bertz CT molecular complexity index is 1140. The number of ether oxygens (including phenoxy) is 3. The fourth-order valence-electron chi connectivity index (χ4n) is 3.15. The fraction of sp³-hybridized carbons (Fsp3) is 0.136. The summed E-state index contributed by atoms with van der Waals surface area (Å²) < 4.78 is 16.0. The zero-order chi connectivity index (χ0) is 19.5. The van der Waals surface area contributed by atoms with Crippen LogP contribution < -0.4 is 14.2 Å². The Labute approximate surface area is 162 Å². The van der Waals surface area contributed by atoms with E-state index in [1.165, 1.54) is 0 Å². The zero-order valence-corrected chi connectivity index (χ0v) is 15.8. The second-order valence-corrected chi connectivity index (χ2v) is 6.11. The third kappa shape index (κ3) is 3.20. The molecule has 0 bridgehead atoms. The van der Waals surface area contributed by atoms with Crippen molar-refractivity contribution in [2.45, 2.75) is 0 Å². The lowest BCUT2D eigenvalue weighted by molar-refractivity contribution is 0.355. The van der Waals surface area contributed by atoms with Crippen molar-refractivity contribution in [3.63, 3.8) is 0 Å². The van der Waals surface area contributed by atoms with Crippen LogP contribution in [-0.2, 0) is 0 Å². The monoisotopic (exact) mass is 373 g/mol. The van der Waals surface area contributed by atoms with Crippen LogP contribution in [0.1, 0.15) is 0 Å². The van der Waals surface area contributed by atoms with Crippen LogP contribution in [0.5, 0.6) is 17.4 Å². The lowest BCUT2D eigenvalue weighted by atomic mass is 10.0. The van der Waals surface area contributed by atoms with E-state index >= 15 is 0 Å². The van der Waals surface area contributed by atoms with Crippen molar-refractivity contribution in [3.8, 4) is 39.8 Å². The summed E-state index contributed by atoms with van der Waals surface area (Å²) in [5, 5.41) is 0.947. The van der Waals surface area contributed by atoms with Crippen LogP contribution in [0.15, 0.2) is 61.1 Å². The Kier molecular flexibility index (Phi) is 4.76. The predicted octanol–water partition coefficient (Wildman–Crippen LogP) is 4.38. The van der Waals surface area contributed by atoms with Gasteiger partial charge in [-0.3, -0.25) is 0 Å². The van der Waals surface area contributed by atoms with Crippen LogP contribution in [0.4, 0.5) is 0 Å². The van der Waals surface area contributed by atoms with Gasteiger partial charge >= 0.3 is 0 Å². The van der Waals surface area contributed by atoms with Gasteiger partial charge in [-0.15, -0.1) is 0 Å². The van der Waals surface area contributed by atoms with Gasteiger partial charge in [0.2, 0.25) is 5.88 Å². The lowest BCUT2D eigenvalue weighted by Crippen LogP contribution is -1.93. The normalized spacial score (nSPS) is 10.7. The van der Waals surface area contributed by atoms with E-state index in [1.807, 2.05) is 42.5 Å². The van der Waals surface area contributed by atoms with Crippen LogP contribution in [-0.4, -0.2) is 36.3 Å².